The number of aromatic nitrogens is 2. The minimum Gasteiger partial charge on any atom is -0.497 e. The molecular weight excluding hydrogens is 425 g/mol. The highest BCUT2D eigenvalue weighted by Gasteiger charge is 2.29. The van der Waals surface area contributed by atoms with Crippen molar-refractivity contribution in [1.82, 2.24) is 14.9 Å². The number of hydrogen-bond acceptors (Lipinski definition) is 6. The first-order valence-corrected chi connectivity index (χ1v) is 11.8. The normalized spacial score (nSPS) is 20.0. The topological polar surface area (TPSA) is 58.5 Å². The molecule has 1 aliphatic rings. The van der Waals surface area contributed by atoms with E-state index in [4.69, 9.17) is 4.74 Å². The van der Waals surface area contributed by atoms with Gasteiger partial charge in [-0.25, -0.2) is 4.39 Å². The van der Waals surface area contributed by atoms with Gasteiger partial charge in [-0.1, -0.05) is 11.8 Å². The molecule has 0 saturated carbocycles. The van der Waals surface area contributed by atoms with Gasteiger partial charge in [0.05, 0.1) is 35.8 Å². The van der Waals surface area contributed by atoms with Gasteiger partial charge in [0.25, 0.3) is 0 Å². The van der Waals surface area contributed by atoms with Crippen LogP contribution in [0.1, 0.15) is 35.9 Å². The first-order chi connectivity index (χ1) is 15.7. The van der Waals surface area contributed by atoms with E-state index in [1.165, 1.54) is 11.3 Å². The molecule has 0 aliphatic carbocycles. The quantitative estimate of drug-likeness (QED) is 0.535. The minimum absolute atomic E-state index is 0.121. The van der Waals surface area contributed by atoms with Crippen LogP contribution in [0, 0.1) is 23.7 Å². The highest BCUT2D eigenvalue weighted by Crippen LogP contribution is 2.35. The van der Waals surface area contributed by atoms with Gasteiger partial charge >= 0.3 is 0 Å². The Hall–Kier alpha value is -2.53. The fraction of sp³-hybridized carbons (Fsp3) is 0.440. The van der Waals surface area contributed by atoms with Gasteiger partial charge in [0.1, 0.15) is 11.9 Å². The number of fused-ring (bicyclic) bond motifs is 1. The van der Waals surface area contributed by atoms with E-state index in [2.05, 4.69) is 26.7 Å². The molecule has 1 saturated heterocycles. The number of piperidine rings is 1. The Morgan fingerprint density at radius 3 is 3.03 bits per heavy atom. The van der Waals surface area contributed by atoms with Crippen molar-refractivity contribution in [2.75, 3.05) is 33.4 Å². The van der Waals surface area contributed by atoms with Crippen molar-refractivity contribution in [2.45, 2.75) is 25.4 Å². The second-order valence-corrected chi connectivity index (χ2v) is 9.11. The average molecular weight is 454 g/mol. The van der Waals surface area contributed by atoms with Crippen LogP contribution in [0.3, 0.4) is 0 Å². The Balaban J connectivity index is 1.35. The number of halogens is 1. The van der Waals surface area contributed by atoms with Gasteiger partial charge in [-0.05, 0) is 67.5 Å². The fourth-order valence-electron chi connectivity index (χ4n) is 4.47. The molecule has 32 heavy (non-hydrogen) atoms. The zero-order chi connectivity index (χ0) is 22.3. The number of rotatable bonds is 7. The van der Waals surface area contributed by atoms with Crippen molar-refractivity contribution in [3.8, 4) is 17.6 Å². The number of likely N-dealkylation sites (tertiary alicyclic amines) is 1. The first-order valence-electron chi connectivity index (χ1n) is 10.9. The van der Waals surface area contributed by atoms with Gasteiger partial charge < -0.3 is 9.84 Å². The molecule has 1 aliphatic heterocycles. The van der Waals surface area contributed by atoms with Gasteiger partial charge in [-0.2, -0.15) is 0 Å². The summed E-state index contributed by atoms with van der Waals surface area (Å²) in [6.45, 7) is 2.52. The van der Waals surface area contributed by atoms with Crippen molar-refractivity contribution in [3.63, 3.8) is 0 Å². The van der Waals surface area contributed by atoms with E-state index in [1.807, 2.05) is 18.2 Å². The van der Waals surface area contributed by atoms with Crippen molar-refractivity contribution < 1.29 is 14.2 Å². The second-order valence-electron chi connectivity index (χ2n) is 8.22. The molecule has 7 heteroatoms. The van der Waals surface area contributed by atoms with E-state index in [0.717, 1.165) is 41.7 Å². The van der Waals surface area contributed by atoms with E-state index in [1.54, 1.807) is 31.1 Å². The summed E-state index contributed by atoms with van der Waals surface area (Å²) in [5, 5.41) is 10.7. The van der Waals surface area contributed by atoms with Crippen molar-refractivity contribution in [1.29, 1.82) is 0 Å². The van der Waals surface area contributed by atoms with E-state index in [-0.39, 0.29) is 12.5 Å². The molecule has 1 fully saturated rings. The number of alkyl halides is 1. The lowest BCUT2D eigenvalue weighted by Crippen LogP contribution is -2.42. The molecule has 3 atom stereocenters. The number of pyridine rings is 1. The molecular formula is C25H28FN3O2S. The van der Waals surface area contributed by atoms with Crippen molar-refractivity contribution in [2.24, 2.45) is 11.8 Å². The first kappa shape index (κ1) is 22.7. The van der Waals surface area contributed by atoms with E-state index in [9.17, 15) is 5.11 Å². The Bertz CT molecular complexity index is 1080. The largest absolute Gasteiger partial charge is 0.497 e. The lowest BCUT2D eigenvalue weighted by molar-refractivity contribution is 0.0708. The van der Waals surface area contributed by atoms with Crippen molar-refractivity contribution >= 4 is 22.2 Å². The smallest absolute Gasteiger partial charge is 0.126 e. The monoisotopic (exact) mass is 453 g/mol. The fourth-order valence-corrected chi connectivity index (χ4v) is 4.95. The number of thiazole rings is 1. The van der Waals surface area contributed by atoms with E-state index in [0.29, 0.717) is 30.2 Å². The Morgan fingerprint density at radius 2 is 2.25 bits per heavy atom. The third kappa shape index (κ3) is 5.44. The number of aliphatic hydroxyl groups is 1. The highest BCUT2D eigenvalue weighted by molar-refractivity contribution is 7.10. The van der Waals surface area contributed by atoms with E-state index >= 15 is 4.39 Å². The zero-order valence-corrected chi connectivity index (χ0v) is 19.0. The summed E-state index contributed by atoms with van der Waals surface area (Å²) < 4.78 is 20.6. The molecule has 0 spiro atoms. The maximum atomic E-state index is 15.3. The standard InChI is InChI=1S/C25H28FN3O2S/c1-31-20-5-7-25-23(13-20)22(8-10-28-25)24(26)6-4-18-9-12-29(15-19(18)16-30)11-2-3-21-14-27-17-32-21/h5,7-8,10,13-14,17-19,24,30H,4,6,9,11-12,15-16H2,1H3/t18-,19-,24+/m1/s1. The molecule has 1 N–H and O–H groups in total. The molecule has 4 rings (SSSR count). The predicted molar refractivity (Wildman–Crippen MR) is 125 cm³/mol. The van der Waals surface area contributed by atoms with Gasteiger partial charge in [0.2, 0.25) is 0 Å². The molecule has 1 aromatic carbocycles. The molecule has 3 heterocycles. The zero-order valence-electron chi connectivity index (χ0n) is 18.2. The number of benzene rings is 1. The summed E-state index contributed by atoms with van der Waals surface area (Å²) in [4.78, 5) is 11.6. The molecule has 2 aromatic heterocycles. The van der Waals surface area contributed by atoms with Crippen LogP contribution >= 0.6 is 11.3 Å². The average Bonchev–Trinajstić information content (AvgIpc) is 3.35. The summed E-state index contributed by atoms with van der Waals surface area (Å²) in [5.74, 6) is 7.50. The van der Waals surface area contributed by atoms with Crippen LogP contribution in [0.4, 0.5) is 4.39 Å². The molecule has 0 radical (unpaired) electrons. The Morgan fingerprint density at radius 1 is 1.34 bits per heavy atom. The Labute approximate surface area is 192 Å². The molecule has 3 aromatic rings. The van der Waals surface area contributed by atoms with Crippen LogP contribution < -0.4 is 4.74 Å². The maximum absolute atomic E-state index is 15.3. The number of nitrogens with zero attached hydrogens (tertiary/aromatic N) is 3. The van der Waals surface area contributed by atoms with Crippen LogP contribution in [0.25, 0.3) is 10.9 Å². The summed E-state index contributed by atoms with van der Waals surface area (Å²) >= 11 is 1.54. The van der Waals surface area contributed by atoms with Gasteiger partial charge in [-0.15, -0.1) is 11.3 Å². The lowest BCUT2D eigenvalue weighted by atomic mass is 9.81. The maximum Gasteiger partial charge on any atom is 0.126 e. The van der Waals surface area contributed by atoms with Crippen LogP contribution in [-0.2, 0) is 0 Å². The summed E-state index contributed by atoms with van der Waals surface area (Å²) in [6, 6.07) is 7.32. The van der Waals surface area contributed by atoms with Crippen LogP contribution in [0.15, 0.2) is 42.2 Å². The van der Waals surface area contributed by atoms with Crippen LogP contribution in [-0.4, -0.2) is 53.3 Å². The third-order valence-electron chi connectivity index (χ3n) is 6.27. The molecule has 5 nitrogen and oxygen atoms in total. The van der Waals surface area contributed by atoms with Gasteiger partial charge in [0, 0.05) is 24.7 Å². The number of hydrogen-bond donors (Lipinski definition) is 1. The minimum atomic E-state index is -1.07. The SMILES string of the molecule is COc1ccc2nccc([C@@H](F)CC[C@@H]3CCN(CC#Cc4cncs4)C[C@@H]3CO)c2c1. The highest BCUT2D eigenvalue weighted by atomic mass is 32.1. The Kier molecular flexibility index (Phi) is 7.69. The lowest BCUT2D eigenvalue weighted by Gasteiger charge is -2.37. The van der Waals surface area contributed by atoms with E-state index < -0.39 is 6.17 Å². The second kappa shape index (κ2) is 10.9. The molecule has 0 unspecified atom stereocenters. The summed E-state index contributed by atoms with van der Waals surface area (Å²) in [5.41, 5.74) is 3.21. The summed E-state index contributed by atoms with van der Waals surface area (Å²) in [6.07, 6.45) is 4.50. The third-order valence-corrected chi connectivity index (χ3v) is 6.96. The van der Waals surface area contributed by atoms with Crippen molar-refractivity contribution in [3.05, 3.63) is 52.6 Å². The predicted octanol–water partition coefficient (Wildman–Crippen LogP) is 4.47. The molecule has 168 valence electrons. The number of methoxy groups -OCH3 is 1. The molecule has 0 bridgehead atoms. The summed E-state index contributed by atoms with van der Waals surface area (Å²) in [7, 11) is 1.61. The van der Waals surface area contributed by atoms with Gasteiger partial charge in [0.15, 0.2) is 0 Å². The van der Waals surface area contributed by atoms with Gasteiger partial charge in [-0.3, -0.25) is 14.9 Å². The molecule has 0 amide bonds. The number of ether oxygens (including phenoxy) is 1. The number of aliphatic hydroxyl groups excluding tert-OH is 1. The van der Waals surface area contributed by atoms with Crippen LogP contribution in [0.5, 0.6) is 5.75 Å². The van der Waals surface area contributed by atoms with Crippen LogP contribution in [0.2, 0.25) is 0 Å².